The summed E-state index contributed by atoms with van der Waals surface area (Å²) in [5.41, 5.74) is 3.35. The summed E-state index contributed by atoms with van der Waals surface area (Å²) in [6.45, 7) is 0. The van der Waals surface area contributed by atoms with Crippen LogP contribution in [0.3, 0.4) is 0 Å². The van der Waals surface area contributed by atoms with Crippen LogP contribution < -0.4 is 10.6 Å². The summed E-state index contributed by atoms with van der Waals surface area (Å²) in [5, 5.41) is 16.8. The Morgan fingerprint density at radius 1 is 1.11 bits per heavy atom. The number of benzene rings is 1. The molecule has 27 heavy (non-hydrogen) atoms. The smallest absolute Gasteiger partial charge is 0.171 e. The van der Waals surface area contributed by atoms with Crippen LogP contribution in [0.25, 0.3) is 11.6 Å². The lowest BCUT2D eigenvalue weighted by atomic mass is 10.0. The van der Waals surface area contributed by atoms with Crippen LogP contribution >= 0.6 is 12.2 Å². The number of nitrogens with zero attached hydrogens (tertiary/aromatic N) is 2. The fourth-order valence-corrected chi connectivity index (χ4v) is 4.09. The third-order valence-corrected chi connectivity index (χ3v) is 5.41. The molecule has 3 unspecified atom stereocenters. The van der Waals surface area contributed by atoms with Gasteiger partial charge in [0, 0.05) is 24.1 Å². The zero-order valence-corrected chi connectivity index (χ0v) is 15.6. The van der Waals surface area contributed by atoms with Crippen molar-refractivity contribution in [3.63, 3.8) is 0 Å². The summed E-state index contributed by atoms with van der Waals surface area (Å²) >= 11 is 5.47. The lowest BCUT2D eigenvalue weighted by Crippen LogP contribution is -2.40. The Kier molecular flexibility index (Phi) is 4.99. The maximum absolute atomic E-state index is 9.48. The standard InChI is InChI=1S/C22H20N4S/c23-14-19(11-15-7-9-24-10-8-15)17-3-5-20(6-4-17)25-22(27)26-21-13-16-1-2-18(21)12-16/h1-11,16,18,21H,12-13H2,(H2,25,26,27). The Labute approximate surface area is 164 Å². The van der Waals surface area contributed by atoms with Gasteiger partial charge in [-0.05, 0) is 78.4 Å². The van der Waals surface area contributed by atoms with Crippen molar-refractivity contribution in [1.29, 1.82) is 5.26 Å². The number of hydrogen-bond acceptors (Lipinski definition) is 3. The molecular weight excluding hydrogens is 352 g/mol. The van der Waals surface area contributed by atoms with Gasteiger partial charge in [0.2, 0.25) is 0 Å². The predicted octanol–water partition coefficient (Wildman–Crippen LogP) is 4.40. The second-order valence-electron chi connectivity index (χ2n) is 7.01. The van der Waals surface area contributed by atoms with Crippen molar-refractivity contribution in [2.45, 2.75) is 18.9 Å². The van der Waals surface area contributed by atoms with Crippen molar-refractivity contribution in [1.82, 2.24) is 10.3 Å². The lowest BCUT2D eigenvalue weighted by molar-refractivity contribution is 0.526. The van der Waals surface area contributed by atoms with E-state index < -0.39 is 0 Å². The molecule has 0 amide bonds. The maximum atomic E-state index is 9.48. The Bertz CT molecular complexity index is 925. The van der Waals surface area contributed by atoms with Gasteiger partial charge in [0.15, 0.2) is 5.11 Å². The van der Waals surface area contributed by atoms with Crippen LogP contribution in [0.2, 0.25) is 0 Å². The normalized spacial score (nSPS) is 23.1. The van der Waals surface area contributed by atoms with E-state index in [1.807, 2.05) is 42.5 Å². The van der Waals surface area contributed by atoms with Crippen molar-refractivity contribution < 1.29 is 0 Å². The topological polar surface area (TPSA) is 60.7 Å². The van der Waals surface area contributed by atoms with Gasteiger partial charge in [-0.1, -0.05) is 24.3 Å². The van der Waals surface area contributed by atoms with Gasteiger partial charge in [-0.2, -0.15) is 5.26 Å². The zero-order chi connectivity index (χ0) is 18.6. The number of nitriles is 1. The number of rotatable bonds is 4. The van der Waals surface area contributed by atoms with E-state index in [0.29, 0.717) is 28.6 Å². The number of anilines is 1. The first kappa shape index (κ1) is 17.4. The van der Waals surface area contributed by atoms with Crippen molar-refractivity contribution in [2.75, 3.05) is 5.32 Å². The molecule has 4 rings (SSSR count). The second kappa shape index (κ2) is 7.73. The zero-order valence-electron chi connectivity index (χ0n) is 14.8. The second-order valence-corrected chi connectivity index (χ2v) is 7.42. The first-order valence-electron chi connectivity index (χ1n) is 9.09. The Balaban J connectivity index is 1.40. The molecule has 0 aliphatic heterocycles. The first-order valence-corrected chi connectivity index (χ1v) is 9.50. The summed E-state index contributed by atoms with van der Waals surface area (Å²) in [4.78, 5) is 4.00. The Morgan fingerprint density at radius 2 is 1.89 bits per heavy atom. The van der Waals surface area contributed by atoms with Crippen LogP contribution in [0.15, 0.2) is 60.9 Å². The first-order chi connectivity index (χ1) is 13.2. The molecule has 2 bridgehead atoms. The Morgan fingerprint density at radius 3 is 2.52 bits per heavy atom. The molecule has 2 aliphatic carbocycles. The average molecular weight is 372 g/mol. The largest absolute Gasteiger partial charge is 0.359 e. The van der Waals surface area contributed by atoms with E-state index in [2.05, 4.69) is 33.8 Å². The quantitative estimate of drug-likeness (QED) is 0.473. The Hall–Kier alpha value is -2.97. The summed E-state index contributed by atoms with van der Waals surface area (Å²) in [6, 6.07) is 14.2. The minimum absolute atomic E-state index is 0.438. The van der Waals surface area contributed by atoms with Gasteiger partial charge in [-0.15, -0.1) is 0 Å². The lowest BCUT2D eigenvalue weighted by Gasteiger charge is -2.22. The number of aromatic nitrogens is 1. The third kappa shape index (κ3) is 4.07. The average Bonchev–Trinajstić information content (AvgIpc) is 3.31. The molecule has 1 fully saturated rings. The molecule has 5 heteroatoms. The molecule has 1 aromatic heterocycles. The van der Waals surface area contributed by atoms with E-state index in [1.165, 1.54) is 6.42 Å². The van der Waals surface area contributed by atoms with Gasteiger partial charge in [-0.3, -0.25) is 4.98 Å². The van der Waals surface area contributed by atoms with E-state index in [9.17, 15) is 5.26 Å². The predicted molar refractivity (Wildman–Crippen MR) is 113 cm³/mol. The molecule has 1 heterocycles. The van der Waals surface area contributed by atoms with Crippen LogP contribution in [0.4, 0.5) is 5.69 Å². The van der Waals surface area contributed by atoms with Crippen molar-refractivity contribution in [3.8, 4) is 6.07 Å². The van der Waals surface area contributed by atoms with Gasteiger partial charge < -0.3 is 10.6 Å². The molecule has 0 radical (unpaired) electrons. The van der Waals surface area contributed by atoms with E-state index in [4.69, 9.17) is 12.2 Å². The molecule has 0 spiro atoms. The minimum atomic E-state index is 0.438. The van der Waals surface area contributed by atoms with E-state index in [1.54, 1.807) is 12.4 Å². The molecular formula is C22H20N4S. The number of fused-ring (bicyclic) bond motifs is 2. The SMILES string of the molecule is N#CC(=Cc1ccncc1)c1ccc(NC(=S)NC2CC3C=CC2C3)cc1. The molecule has 1 aromatic carbocycles. The van der Waals surface area contributed by atoms with Crippen molar-refractivity contribution >= 4 is 34.7 Å². The number of nitrogens with one attached hydrogen (secondary N) is 2. The van der Waals surface area contributed by atoms with E-state index >= 15 is 0 Å². The maximum Gasteiger partial charge on any atom is 0.171 e. The monoisotopic (exact) mass is 372 g/mol. The van der Waals surface area contributed by atoms with Gasteiger partial charge in [0.05, 0.1) is 11.6 Å². The highest BCUT2D eigenvalue weighted by Crippen LogP contribution is 2.38. The molecule has 2 N–H and O–H groups in total. The van der Waals surface area contributed by atoms with Crippen LogP contribution in [0.5, 0.6) is 0 Å². The highest BCUT2D eigenvalue weighted by molar-refractivity contribution is 7.80. The highest BCUT2D eigenvalue weighted by Gasteiger charge is 2.35. The van der Waals surface area contributed by atoms with Crippen LogP contribution in [-0.2, 0) is 0 Å². The molecule has 134 valence electrons. The van der Waals surface area contributed by atoms with Crippen LogP contribution in [0.1, 0.15) is 24.0 Å². The van der Waals surface area contributed by atoms with Gasteiger partial charge in [0.1, 0.15) is 0 Å². The van der Waals surface area contributed by atoms with Crippen LogP contribution in [-0.4, -0.2) is 16.1 Å². The molecule has 1 saturated carbocycles. The summed E-state index contributed by atoms with van der Waals surface area (Å²) in [6.07, 6.45) is 12.3. The number of hydrogen-bond donors (Lipinski definition) is 2. The molecule has 3 atom stereocenters. The van der Waals surface area contributed by atoms with Crippen molar-refractivity contribution in [2.24, 2.45) is 11.8 Å². The van der Waals surface area contributed by atoms with Crippen LogP contribution in [0, 0.1) is 23.2 Å². The fourth-order valence-electron chi connectivity index (χ4n) is 3.82. The molecule has 4 nitrogen and oxygen atoms in total. The summed E-state index contributed by atoms with van der Waals surface area (Å²) < 4.78 is 0. The van der Waals surface area contributed by atoms with Crippen molar-refractivity contribution in [3.05, 3.63) is 72.1 Å². The summed E-state index contributed by atoms with van der Waals surface area (Å²) in [5.74, 6) is 1.32. The number of pyridine rings is 1. The molecule has 0 saturated heterocycles. The van der Waals surface area contributed by atoms with Gasteiger partial charge in [0.25, 0.3) is 0 Å². The number of thiocarbonyl (C=S) groups is 1. The summed E-state index contributed by atoms with van der Waals surface area (Å²) in [7, 11) is 0. The third-order valence-electron chi connectivity index (χ3n) is 5.19. The van der Waals surface area contributed by atoms with E-state index in [-0.39, 0.29) is 0 Å². The molecule has 2 aromatic rings. The number of allylic oxidation sites excluding steroid dienone is 2. The van der Waals surface area contributed by atoms with Gasteiger partial charge >= 0.3 is 0 Å². The van der Waals surface area contributed by atoms with Gasteiger partial charge in [-0.25, -0.2) is 0 Å². The fraction of sp³-hybridized carbons (Fsp3) is 0.227. The highest BCUT2D eigenvalue weighted by atomic mass is 32.1. The molecule has 2 aliphatic rings. The van der Waals surface area contributed by atoms with E-state index in [0.717, 1.165) is 23.2 Å². The minimum Gasteiger partial charge on any atom is -0.359 e.